The molecule has 0 N–H and O–H groups in total. The fourth-order valence-corrected chi connectivity index (χ4v) is 3.45. The van der Waals surface area contributed by atoms with Crippen molar-refractivity contribution in [2.75, 3.05) is 18.2 Å². The van der Waals surface area contributed by atoms with Gasteiger partial charge in [0.25, 0.3) is 0 Å². The maximum Gasteiger partial charge on any atom is 0.178 e. The van der Waals surface area contributed by atoms with E-state index in [1.807, 2.05) is 6.92 Å². The van der Waals surface area contributed by atoms with Crippen molar-refractivity contribution in [2.45, 2.75) is 18.2 Å². The molecule has 0 amide bonds. The molecule has 0 radical (unpaired) electrons. The molecule has 3 nitrogen and oxygen atoms in total. The van der Waals surface area contributed by atoms with Crippen molar-refractivity contribution in [2.24, 2.45) is 0 Å². The van der Waals surface area contributed by atoms with Crippen LogP contribution in [0, 0.1) is 6.92 Å². The molecule has 16 heavy (non-hydrogen) atoms. The molecule has 0 aliphatic carbocycles. The Labute approximate surface area is 105 Å². The third kappa shape index (κ3) is 3.22. The molecule has 0 saturated carbocycles. The molecule has 0 saturated heterocycles. The summed E-state index contributed by atoms with van der Waals surface area (Å²) in [6, 6.07) is 4.94. The lowest BCUT2D eigenvalue weighted by atomic mass is 10.2. The molecule has 5 heteroatoms. The van der Waals surface area contributed by atoms with E-state index in [0.717, 1.165) is 5.56 Å². The molecule has 0 unspecified atom stereocenters. The first kappa shape index (κ1) is 13.5. The Balaban J connectivity index is 3.01. The molecule has 0 aromatic heterocycles. The van der Waals surface area contributed by atoms with Crippen molar-refractivity contribution >= 4 is 25.8 Å². The van der Waals surface area contributed by atoms with Crippen LogP contribution in [0.15, 0.2) is 23.1 Å². The third-order valence-corrected chi connectivity index (χ3v) is 4.63. The second-order valence-electron chi connectivity index (χ2n) is 3.49. The van der Waals surface area contributed by atoms with E-state index in [1.54, 1.807) is 25.3 Å². The zero-order chi connectivity index (χ0) is 12.2. The van der Waals surface area contributed by atoms with Gasteiger partial charge in [-0.25, -0.2) is 8.42 Å². The van der Waals surface area contributed by atoms with Crippen molar-refractivity contribution in [3.63, 3.8) is 0 Å². The Kier molecular flexibility index (Phi) is 4.80. The van der Waals surface area contributed by atoms with E-state index in [-0.39, 0.29) is 5.75 Å². The van der Waals surface area contributed by atoms with Gasteiger partial charge in [0.2, 0.25) is 0 Å². The fourth-order valence-electron chi connectivity index (χ4n) is 1.41. The van der Waals surface area contributed by atoms with Gasteiger partial charge < -0.3 is 4.74 Å². The molecule has 0 heterocycles. The molecule has 0 spiro atoms. The average molecular weight is 307 g/mol. The van der Waals surface area contributed by atoms with Crippen LogP contribution in [0.25, 0.3) is 0 Å². The summed E-state index contributed by atoms with van der Waals surface area (Å²) in [7, 11) is -1.58. The van der Waals surface area contributed by atoms with Crippen LogP contribution in [0.4, 0.5) is 0 Å². The quantitative estimate of drug-likeness (QED) is 0.785. The van der Waals surface area contributed by atoms with Crippen LogP contribution >= 0.6 is 15.9 Å². The first-order chi connectivity index (χ1) is 7.51. The van der Waals surface area contributed by atoms with Crippen LogP contribution in [-0.2, 0) is 9.84 Å². The zero-order valence-electron chi connectivity index (χ0n) is 9.36. The maximum absolute atomic E-state index is 11.9. The van der Waals surface area contributed by atoms with Gasteiger partial charge in [0.05, 0.1) is 17.8 Å². The Hall–Kier alpha value is -0.550. The first-order valence-electron chi connectivity index (χ1n) is 4.94. The number of alkyl halides is 1. The standard InChI is InChI=1S/C11H15BrO3S/c1-9-8-10(4-5-11(9)15-2)16(13,14)7-3-6-12/h4-5,8H,3,6-7H2,1-2H3. The Morgan fingerprint density at radius 1 is 1.38 bits per heavy atom. The van der Waals surface area contributed by atoms with Crippen molar-refractivity contribution in [3.05, 3.63) is 23.8 Å². The molecule has 0 aliphatic heterocycles. The van der Waals surface area contributed by atoms with Gasteiger partial charge in [-0.3, -0.25) is 0 Å². The summed E-state index contributed by atoms with van der Waals surface area (Å²) in [5.41, 5.74) is 0.836. The van der Waals surface area contributed by atoms with Crippen LogP contribution in [0.2, 0.25) is 0 Å². The summed E-state index contributed by atoms with van der Waals surface area (Å²) in [5.74, 6) is 0.878. The molecule has 0 bridgehead atoms. The Morgan fingerprint density at radius 3 is 2.56 bits per heavy atom. The predicted molar refractivity (Wildman–Crippen MR) is 68.2 cm³/mol. The molecule has 1 aromatic carbocycles. The summed E-state index contributed by atoms with van der Waals surface area (Å²) in [6.07, 6.45) is 0.618. The molecule has 0 atom stereocenters. The third-order valence-electron chi connectivity index (χ3n) is 2.27. The summed E-state index contributed by atoms with van der Waals surface area (Å²) < 4.78 is 28.9. The van der Waals surface area contributed by atoms with E-state index in [9.17, 15) is 8.42 Å². The summed E-state index contributed by atoms with van der Waals surface area (Å²) >= 11 is 3.23. The number of sulfone groups is 1. The highest BCUT2D eigenvalue weighted by Gasteiger charge is 2.14. The van der Waals surface area contributed by atoms with Crippen LogP contribution in [0.3, 0.4) is 0 Å². The average Bonchev–Trinajstić information content (AvgIpc) is 2.26. The maximum atomic E-state index is 11.9. The number of hydrogen-bond acceptors (Lipinski definition) is 3. The highest BCUT2D eigenvalue weighted by atomic mass is 79.9. The number of halogens is 1. The van der Waals surface area contributed by atoms with E-state index in [4.69, 9.17) is 4.74 Å². The van der Waals surface area contributed by atoms with Crippen LogP contribution in [-0.4, -0.2) is 26.6 Å². The normalized spacial score (nSPS) is 11.4. The fraction of sp³-hybridized carbons (Fsp3) is 0.455. The largest absolute Gasteiger partial charge is 0.496 e. The minimum atomic E-state index is -3.16. The van der Waals surface area contributed by atoms with Crippen molar-refractivity contribution < 1.29 is 13.2 Å². The molecule has 0 aliphatic rings. The molecule has 1 aromatic rings. The number of hydrogen-bond donors (Lipinski definition) is 0. The smallest absolute Gasteiger partial charge is 0.178 e. The van der Waals surface area contributed by atoms with Gasteiger partial charge in [-0.2, -0.15) is 0 Å². The second-order valence-corrected chi connectivity index (χ2v) is 6.39. The number of aryl methyl sites for hydroxylation is 1. The second kappa shape index (κ2) is 5.68. The number of methoxy groups -OCH3 is 1. The predicted octanol–water partition coefficient (Wildman–Crippen LogP) is 2.56. The zero-order valence-corrected chi connectivity index (χ0v) is 11.8. The number of rotatable bonds is 5. The van der Waals surface area contributed by atoms with Gasteiger partial charge >= 0.3 is 0 Å². The van der Waals surface area contributed by atoms with E-state index in [1.165, 1.54) is 0 Å². The molecule has 0 fully saturated rings. The molecular formula is C11H15BrO3S. The van der Waals surface area contributed by atoms with Gasteiger partial charge in [0.15, 0.2) is 9.84 Å². The highest BCUT2D eigenvalue weighted by molar-refractivity contribution is 9.09. The lowest BCUT2D eigenvalue weighted by molar-refractivity contribution is 0.411. The van der Waals surface area contributed by atoms with Gasteiger partial charge in [0, 0.05) is 5.33 Å². The van der Waals surface area contributed by atoms with Crippen LogP contribution < -0.4 is 4.74 Å². The van der Waals surface area contributed by atoms with Gasteiger partial charge in [0.1, 0.15) is 5.75 Å². The first-order valence-corrected chi connectivity index (χ1v) is 7.72. The summed E-state index contributed by atoms with van der Waals surface area (Å²) in [4.78, 5) is 0.367. The number of ether oxygens (including phenoxy) is 1. The van der Waals surface area contributed by atoms with E-state index >= 15 is 0 Å². The van der Waals surface area contributed by atoms with E-state index in [0.29, 0.717) is 22.4 Å². The van der Waals surface area contributed by atoms with Crippen molar-refractivity contribution in [1.82, 2.24) is 0 Å². The number of benzene rings is 1. The van der Waals surface area contributed by atoms with Crippen molar-refractivity contribution in [3.8, 4) is 5.75 Å². The van der Waals surface area contributed by atoms with Crippen LogP contribution in [0.5, 0.6) is 5.75 Å². The minimum Gasteiger partial charge on any atom is -0.496 e. The lowest BCUT2D eigenvalue weighted by Gasteiger charge is -2.07. The Morgan fingerprint density at radius 2 is 2.06 bits per heavy atom. The molecule has 1 rings (SSSR count). The van der Waals surface area contributed by atoms with Crippen LogP contribution in [0.1, 0.15) is 12.0 Å². The van der Waals surface area contributed by atoms with Gasteiger partial charge in [-0.05, 0) is 37.1 Å². The summed E-state index contributed by atoms with van der Waals surface area (Å²) in [5, 5.41) is 0.696. The monoisotopic (exact) mass is 306 g/mol. The molecular weight excluding hydrogens is 292 g/mol. The summed E-state index contributed by atoms with van der Waals surface area (Å²) in [6.45, 7) is 1.84. The Bertz CT molecular complexity index is 454. The topological polar surface area (TPSA) is 43.4 Å². The van der Waals surface area contributed by atoms with Crippen molar-refractivity contribution in [1.29, 1.82) is 0 Å². The van der Waals surface area contributed by atoms with E-state index in [2.05, 4.69) is 15.9 Å². The lowest BCUT2D eigenvalue weighted by Crippen LogP contribution is -2.07. The highest BCUT2D eigenvalue weighted by Crippen LogP contribution is 2.22. The SMILES string of the molecule is COc1ccc(S(=O)(=O)CCCBr)cc1C. The minimum absolute atomic E-state index is 0.171. The van der Waals surface area contributed by atoms with Gasteiger partial charge in [-0.15, -0.1) is 0 Å². The van der Waals surface area contributed by atoms with Gasteiger partial charge in [-0.1, -0.05) is 15.9 Å². The molecule has 90 valence electrons. The van der Waals surface area contributed by atoms with E-state index < -0.39 is 9.84 Å².